The van der Waals surface area contributed by atoms with E-state index < -0.39 is 0 Å². The number of hydrogen-bond acceptors (Lipinski definition) is 5. The Balaban J connectivity index is 1.75. The summed E-state index contributed by atoms with van der Waals surface area (Å²) in [5.74, 6) is 2.52. The minimum absolute atomic E-state index is 0.290. The molecule has 2 rings (SSSR count). The molecule has 0 aliphatic rings. The number of aryl methyl sites for hydroxylation is 3. The van der Waals surface area contributed by atoms with Crippen molar-refractivity contribution in [1.82, 2.24) is 30.6 Å². The molecule has 2 aromatic heterocycles. The van der Waals surface area contributed by atoms with Crippen LogP contribution in [-0.2, 0) is 20.0 Å². The van der Waals surface area contributed by atoms with Gasteiger partial charge in [-0.3, -0.25) is 9.67 Å². The first-order chi connectivity index (χ1) is 11.9. The summed E-state index contributed by atoms with van der Waals surface area (Å²) in [6, 6.07) is 0. The molecule has 0 aliphatic carbocycles. The average molecular weight is 347 g/mol. The third-order valence-electron chi connectivity index (χ3n) is 4.18. The standard InChI is InChI=1S/C17H29N7O/c1-11(2)16-21-15(25-23-16)8-7-9-19-17(18-5)20-10-14-12(3)22-24(6)13(14)4/h11H,7-10H2,1-6H3,(H2,18,19,20). The number of aliphatic imine (C=N–C) groups is 1. The quantitative estimate of drug-likeness (QED) is 0.451. The number of aromatic nitrogens is 4. The number of nitrogens with zero attached hydrogens (tertiary/aromatic N) is 5. The zero-order valence-corrected chi connectivity index (χ0v) is 16.1. The topological polar surface area (TPSA) is 93.2 Å². The average Bonchev–Trinajstić information content (AvgIpc) is 3.14. The number of rotatable bonds is 7. The van der Waals surface area contributed by atoms with Crippen molar-refractivity contribution < 1.29 is 4.52 Å². The van der Waals surface area contributed by atoms with E-state index in [1.54, 1.807) is 7.05 Å². The van der Waals surface area contributed by atoms with Gasteiger partial charge in [0.25, 0.3) is 0 Å². The van der Waals surface area contributed by atoms with Crippen LogP contribution in [0, 0.1) is 13.8 Å². The van der Waals surface area contributed by atoms with Gasteiger partial charge in [-0.25, -0.2) is 0 Å². The van der Waals surface area contributed by atoms with Gasteiger partial charge in [-0.05, 0) is 20.3 Å². The zero-order valence-electron chi connectivity index (χ0n) is 16.1. The summed E-state index contributed by atoms with van der Waals surface area (Å²) in [5.41, 5.74) is 3.41. The Bertz CT molecular complexity index is 715. The highest BCUT2D eigenvalue weighted by atomic mass is 16.5. The first-order valence-electron chi connectivity index (χ1n) is 8.68. The second-order valence-corrected chi connectivity index (χ2v) is 6.43. The van der Waals surface area contributed by atoms with E-state index in [1.807, 2.05) is 18.7 Å². The fourth-order valence-corrected chi connectivity index (χ4v) is 2.52. The van der Waals surface area contributed by atoms with Gasteiger partial charge < -0.3 is 15.2 Å². The summed E-state index contributed by atoms with van der Waals surface area (Å²) >= 11 is 0. The molecule has 0 atom stereocenters. The molecular weight excluding hydrogens is 318 g/mol. The maximum absolute atomic E-state index is 5.25. The molecule has 0 aromatic carbocycles. The first-order valence-corrected chi connectivity index (χ1v) is 8.68. The lowest BCUT2D eigenvalue weighted by atomic mass is 10.2. The molecule has 0 radical (unpaired) electrons. The van der Waals surface area contributed by atoms with Gasteiger partial charge >= 0.3 is 0 Å². The molecule has 0 saturated heterocycles. The smallest absolute Gasteiger partial charge is 0.226 e. The second kappa shape index (κ2) is 8.64. The highest BCUT2D eigenvalue weighted by molar-refractivity contribution is 5.79. The number of nitrogens with one attached hydrogen (secondary N) is 2. The van der Waals surface area contributed by atoms with Crippen LogP contribution in [-0.4, -0.2) is 39.5 Å². The molecule has 2 aromatic rings. The van der Waals surface area contributed by atoms with E-state index in [9.17, 15) is 0 Å². The summed E-state index contributed by atoms with van der Waals surface area (Å²) in [7, 11) is 3.73. The predicted octanol–water partition coefficient (Wildman–Crippen LogP) is 1.84. The summed E-state index contributed by atoms with van der Waals surface area (Å²) in [6.07, 6.45) is 1.65. The maximum Gasteiger partial charge on any atom is 0.226 e. The summed E-state index contributed by atoms with van der Waals surface area (Å²) in [5, 5.41) is 15.0. The van der Waals surface area contributed by atoms with Crippen LogP contribution in [0.25, 0.3) is 0 Å². The molecule has 0 spiro atoms. The van der Waals surface area contributed by atoms with Gasteiger partial charge in [0.1, 0.15) is 0 Å². The number of hydrogen-bond donors (Lipinski definition) is 2. The minimum Gasteiger partial charge on any atom is -0.356 e. The molecule has 25 heavy (non-hydrogen) atoms. The Morgan fingerprint density at radius 3 is 2.60 bits per heavy atom. The lowest BCUT2D eigenvalue weighted by molar-refractivity contribution is 0.368. The molecule has 0 unspecified atom stereocenters. The second-order valence-electron chi connectivity index (χ2n) is 6.43. The minimum atomic E-state index is 0.290. The van der Waals surface area contributed by atoms with Crippen molar-refractivity contribution in [3.05, 3.63) is 28.7 Å². The predicted molar refractivity (Wildman–Crippen MR) is 97.6 cm³/mol. The highest BCUT2D eigenvalue weighted by Crippen LogP contribution is 2.11. The van der Waals surface area contributed by atoms with E-state index in [4.69, 9.17) is 4.52 Å². The van der Waals surface area contributed by atoms with Crippen LogP contribution in [0.1, 0.15) is 54.9 Å². The molecule has 0 amide bonds. The van der Waals surface area contributed by atoms with Crippen LogP contribution < -0.4 is 10.6 Å². The van der Waals surface area contributed by atoms with Crippen LogP contribution in [0.5, 0.6) is 0 Å². The van der Waals surface area contributed by atoms with Crippen molar-refractivity contribution in [2.45, 2.75) is 53.0 Å². The lowest BCUT2D eigenvalue weighted by Crippen LogP contribution is -2.37. The van der Waals surface area contributed by atoms with Crippen molar-refractivity contribution in [3.8, 4) is 0 Å². The van der Waals surface area contributed by atoms with Crippen LogP contribution in [0.3, 0.4) is 0 Å². The Labute approximate surface area is 149 Å². The van der Waals surface area contributed by atoms with Crippen LogP contribution >= 0.6 is 0 Å². The van der Waals surface area contributed by atoms with Crippen molar-refractivity contribution in [2.75, 3.05) is 13.6 Å². The van der Waals surface area contributed by atoms with Gasteiger partial charge in [0.15, 0.2) is 11.8 Å². The molecular formula is C17H29N7O. The summed E-state index contributed by atoms with van der Waals surface area (Å²) in [6.45, 7) is 9.69. The van der Waals surface area contributed by atoms with Gasteiger partial charge in [0.05, 0.1) is 5.69 Å². The SMILES string of the molecule is CN=C(NCCCc1nc(C(C)C)no1)NCc1c(C)nn(C)c1C. The zero-order chi connectivity index (χ0) is 18.4. The lowest BCUT2D eigenvalue weighted by Gasteiger charge is -2.11. The molecule has 8 heteroatoms. The maximum atomic E-state index is 5.25. The van der Waals surface area contributed by atoms with Gasteiger partial charge in [0, 0.05) is 50.8 Å². The van der Waals surface area contributed by atoms with Gasteiger partial charge in [-0.15, -0.1) is 0 Å². The molecule has 138 valence electrons. The van der Waals surface area contributed by atoms with E-state index in [0.29, 0.717) is 12.4 Å². The molecule has 0 fully saturated rings. The third-order valence-corrected chi connectivity index (χ3v) is 4.18. The molecule has 8 nitrogen and oxygen atoms in total. The highest BCUT2D eigenvalue weighted by Gasteiger charge is 2.11. The Hall–Kier alpha value is -2.38. The Kier molecular flexibility index (Phi) is 6.55. The number of guanidine groups is 1. The van der Waals surface area contributed by atoms with Crippen molar-refractivity contribution in [2.24, 2.45) is 12.0 Å². The van der Waals surface area contributed by atoms with Crippen molar-refractivity contribution in [3.63, 3.8) is 0 Å². The van der Waals surface area contributed by atoms with E-state index in [1.165, 1.54) is 5.56 Å². The van der Waals surface area contributed by atoms with E-state index in [-0.39, 0.29) is 5.92 Å². The van der Waals surface area contributed by atoms with E-state index in [2.05, 4.69) is 51.6 Å². The molecule has 0 saturated carbocycles. The molecule has 2 heterocycles. The van der Waals surface area contributed by atoms with Crippen molar-refractivity contribution >= 4 is 5.96 Å². The van der Waals surface area contributed by atoms with Crippen LogP contribution in [0.4, 0.5) is 0 Å². The molecule has 2 N–H and O–H groups in total. The molecule has 0 aliphatic heterocycles. The Morgan fingerprint density at radius 2 is 2.04 bits per heavy atom. The summed E-state index contributed by atoms with van der Waals surface area (Å²) < 4.78 is 7.15. The first kappa shape index (κ1) is 19.0. The fraction of sp³-hybridized carbons (Fsp3) is 0.647. The van der Waals surface area contributed by atoms with Crippen LogP contribution in [0.15, 0.2) is 9.52 Å². The monoisotopic (exact) mass is 347 g/mol. The fourth-order valence-electron chi connectivity index (χ4n) is 2.52. The largest absolute Gasteiger partial charge is 0.356 e. The normalized spacial score (nSPS) is 12.0. The van der Waals surface area contributed by atoms with Crippen molar-refractivity contribution in [1.29, 1.82) is 0 Å². The van der Waals surface area contributed by atoms with Crippen LogP contribution in [0.2, 0.25) is 0 Å². The van der Waals surface area contributed by atoms with E-state index in [0.717, 1.165) is 42.6 Å². The van der Waals surface area contributed by atoms with Gasteiger partial charge in [0.2, 0.25) is 5.89 Å². The molecule has 0 bridgehead atoms. The Morgan fingerprint density at radius 1 is 1.28 bits per heavy atom. The third kappa shape index (κ3) is 5.04. The van der Waals surface area contributed by atoms with Gasteiger partial charge in [-0.1, -0.05) is 19.0 Å². The van der Waals surface area contributed by atoms with E-state index >= 15 is 0 Å². The summed E-state index contributed by atoms with van der Waals surface area (Å²) in [4.78, 5) is 8.64. The van der Waals surface area contributed by atoms with Gasteiger partial charge in [-0.2, -0.15) is 10.1 Å².